The van der Waals surface area contributed by atoms with E-state index in [4.69, 9.17) is 0 Å². The second-order valence-corrected chi connectivity index (χ2v) is 10.3. The molecule has 1 aliphatic heterocycles. The van der Waals surface area contributed by atoms with Crippen LogP contribution >= 0.6 is 0 Å². The highest BCUT2D eigenvalue weighted by Gasteiger charge is 2.26. The summed E-state index contributed by atoms with van der Waals surface area (Å²) in [5, 5.41) is 5.93. The molecule has 0 radical (unpaired) electrons. The van der Waals surface area contributed by atoms with Crippen molar-refractivity contribution in [1.29, 1.82) is 0 Å². The monoisotopic (exact) mass is 492 g/mol. The van der Waals surface area contributed by atoms with Crippen LogP contribution in [0.2, 0.25) is 0 Å². The van der Waals surface area contributed by atoms with Crippen molar-refractivity contribution in [3.8, 4) is 0 Å². The second kappa shape index (κ2) is 12.7. The zero-order valence-electron chi connectivity index (χ0n) is 22.2. The van der Waals surface area contributed by atoms with E-state index < -0.39 is 0 Å². The number of amides is 3. The van der Waals surface area contributed by atoms with Gasteiger partial charge in [0.05, 0.1) is 12.5 Å². The Balaban J connectivity index is 1.83. The molecule has 0 unspecified atom stereocenters. The topological polar surface area (TPSA) is 81.8 Å². The van der Waals surface area contributed by atoms with E-state index in [1.165, 1.54) is 0 Å². The molecule has 7 nitrogen and oxygen atoms in total. The molecule has 194 valence electrons. The molecule has 2 aromatic carbocycles. The summed E-state index contributed by atoms with van der Waals surface area (Å²) in [6.07, 6.45) is 2.51. The number of benzene rings is 2. The maximum absolute atomic E-state index is 13.5. The van der Waals surface area contributed by atoms with E-state index >= 15 is 0 Å². The van der Waals surface area contributed by atoms with E-state index in [-0.39, 0.29) is 42.0 Å². The zero-order valence-corrected chi connectivity index (χ0v) is 22.2. The fourth-order valence-corrected chi connectivity index (χ4v) is 4.31. The maximum atomic E-state index is 13.5. The number of carbonyl (C=O) groups excluding carboxylic acids is 3. The van der Waals surface area contributed by atoms with Gasteiger partial charge < -0.3 is 20.4 Å². The van der Waals surface area contributed by atoms with Crippen molar-refractivity contribution in [1.82, 2.24) is 9.80 Å². The summed E-state index contributed by atoms with van der Waals surface area (Å²) in [7, 11) is 1.84. The number of hydrogen-bond donors (Lipinski definition) is 2. The Morgan fingerprint density at radius 3 is 2.19 bits per heavy atom. The Labute approximate surface area is 215 Å². The third-order valence-electron chi connectivity index (χ3n) is 6.70. The minimum Gasteiger partial charge on any atom is -0.337 e. The van der Waals surface area contributed by atoms with Gasteiger partial charge in [0.2, 0.25) is 17.7 Å². The van der Waals surface area contributed by atoms with Crippen LogP contribution in [0.4, 0.5) is 11.4 Å². The lowest BCUT2D eigenvalue weighted by Crippen LogP contribution is -2.39. The Bertz CT molecular complexity index is 1060. The Hall–Kier alpha value is -3.19. The first-order valence-corrected chi connectivity index (χ1v) is 12.9. The number of anilines is 2. The van der Waals surface area contributed by atoms with E-state index in [2.05, 4.69) is 15.5 Å². The van der Waals surface area contributed by atoms with Gasteiger partial charge in [0, 0.05) is 36.8 Å². The number of hydrogen-bond acceptors (Lipinski definition) is 4. The van der Waals surface area contributed by atoms with Crippen molar-refractivity contribution in [2.45, 2.75) is 53.0 Å². The third-order valence-corrected chi connectivity index (χ3v) is 6.70. The summed E-state index contributed by atoms with van der Waals surface area (Å²) < 4.78 is 0. The van der Waals surface area contributed by atoms with E-state index in [1.807, 2.05) is 88.2 Å². The highest BCUT2D eigenvalue weighted by Crippen LogP contribution is 2.27. The highest BCUT2D eigenvalue weighted by atomic mass is 16.2. The third kappa shape index (κ3) is 7.40. The highest BCUT2D eigenvalue weighted by molar-refractivity contribution is 5.94. The van der Waals surface area contributed by atoms with Crippen LogP contribution < -0.4 is 10.6 Å². The number of nitrogens with one attached hydrogen (secondary N) is 2. The van der Waals surface area contributed by atoms with Crippen LogP contribution in [0.25, 0.3) is 0 Å². The summed E-state index contributed by atoms with van der Waals surface area (Å²) in [5.74, 6) is -0.399. The largest absolute Gasteiger partial charge is 0.337 e. The van der Waals surface area contributed by atoms with Gasteiger partial charge in [0.1, 0.15) is 0 Å². The summed E-state index contributed by atoms with van der Waals surface area (Å²) in [6.45, 7) is 10.2. The first kappa shape index (κ1) is 27.4. The average molecular weight is 493 g/mol. The Kier molecular flexibility index (Phi) is 9.65. The number of nitrogens with zero attached hydrogens (tertiary/aromatic N) is 2. The van der Waals surface area contributed by atoms with Crippen molar-refractivity contribution in [3.05, 3.63) is 59.7 Å². The lowest BCUT2D eigenvalue weighted by molar-refractivity contribution is -0.131. The molecule has 2 N–H and O–H groups in total. The predicted molar refractivity (Wildman–Crippen MR) is 145 cm³/mol. The van der Waals surface area contributed by atoms with Crippen molar-refractivity contribution >= 4 is 29.1 Å². The van der Waals surface area contributed by atoms with Crippen molar-refractivity contribution < 1.29 is 14.4 Å². The van der Waals surface area contributed by atoms with Gasteiger partial charge in [-0.05, 0) is 55.3 Å². The van der Waals surface area contributed by atoms with E-state index in [0.29, 0.717) is 5.69 Å². The standard InChI is InChI=1S/C29H40N4O3/c1-20(2)28(35)30-24-13-10-12-23(17-24)26(19-33-15-8-9-16-33)32(5)27(34)18-22-11-6-7-14-25(22)31-29(36)21(3)4/h6-7,10-14,17,20-21,26H,8-9,15-16,18-19H2,1-5H3,(H,30,35)(H,31,36)/t26-/m1/s1. The molecule has 1 atom stereocenters. The van der Waals surface area contributed by atoms with Crippen molar-refractivity contribution in [3.63, 3.8) is 0 Å². The molecule has 36 heavy (non-hydrogen) atoms. The van der Waals surface area contributed by atoms with Crippen LogP contribution in [0.3, 0.4) is 0 Å². The number of carbonyl (C=O) groups is 3. The molecule has 0 aromatic heterocycles. The van der Waals surface area contributed by atoms with Crippen LogP contribution in [0.15, 0.2) is 48.5 Å². The van der Waals surface area contributed by atoms with Gasteiger partial charge in [0.15, 0.2) is 0 Å². The van der Waals surface area contributed by atoms with Crippen LogP contribution in [-0.4, -0.2) is 54.2 Å². The SMILES string of the molecule is CC(C)C(=O)Nc1cccc([C@@H](CN2CCCC2)N(C)C(=O)Cc2ccccc2NC(=O)C(C)C)c1. The molecule has 1 fully saturated rings. The van der Waals surface area contributed by atoms with Gasteiger partial charge in [-0.1, -0.05) is 58.0 Å². The van der Waals surface area contributed by atoms with Crippen LogP contribution in [0, 0.1) is 11.8 Å². The second-order valence-electron chi connectivity index (χ2n) is 10.3. The smallest absolute Gasteiger partial charge is 0.227 e. The fraction of sp³-hybridized carbons (Fsp3) is 0.483. The number of rotatable bonds is 10. The van der Waals surface area contributed by atoms with Crippen LogP contribution in [0.5, 0.6) is 0 Å². The Morgan fingerprint density at radius 2 is 1.53 bits per heavy atom. The van der Waals surface area contributed by atoms with E-state index in [9.17, 15) is 14.4 Å². The summed E-state index contributed by atoms with van der Waals surface area (Å²) in [4.78, 5) is 42.3. The summed E-state index contributed by atoms with van der Waals surface area (Å²) in [6, 6.07) is 15.1. The normalized spacial score (nSPS) is 14.6. The van der Waals surface area contributed by atoms with E-state index in [1.54, 1.807) is 0 Å². The maximum Gasteiger partial charge on any atom is 0.227 e. The van der Waals surface area contributed by atoms with Crippen molar-refractivity contribution in [2.75, 3.05) is 37.3 Å². The van der Waals surface area contributed by atoms with Gasteiger partial charge in [-0.15, -0.1) is 0 Å². The van der Waals surface area contributed by atoms with Gasteiger partial charge in [-0.3, -0.25) is 14.4 Å². The Morgan fingerprint density at radius 1 is 0.889 bits per heavy atom. The minimum atomic E-state index is -0.163. The molecule has 0 saturated carbocycles. The molecular formula is C29H40N4O3. The summed E-state index contributed by atoms with van der Waals surface area (Å²) in [5.41, 5.74) is 3.19. The van der Waals surface area contributed by atoms with Gasteiger partial charge >= 0.3 is 0 Å². The van der Waals surface area contributed by atoms with Gasteiger partial charge in [-0.25, -0.2) is 0 Å². The lowest BCUT2D eigenvalue weighted by Gasteiger charge is -2.32. The minimum absolute atomic E-state index is 0.0259. The lowest BCUT2D eigenvalue weighted by atomic mass is 10.0. The van der Waals surface area contributed by atoms with Gasteiger partial charge in [-0.2, -0.15) is 0 Å². The molecule has 1 aliphatic rings. The van der Waals surface area contributed by atoms with E-state index in [0.717, 1.165) is 49.3 Å². The molecule has 0 aliphatic carbocycles. The molecular weight excluding hydrogens is 452 g/mol. The summed E-state index contributed by atoms with van der Waals surface area (Å²) >= 11 is 0. The molecule has 3 rings (SSSR count). The number of likely N-dealkylation sites (tertiary alicyclic amines) is 1. The number of likely N-dealkylation sites (N-methyl/N-ethyl adjacent to an activating group) is 1. The molecule has 0 bridgehead atoms. The molecule has 0 spiro atoms. The predicted octanol–water partition coefficient (Wildman–Crippen LogP) is 4.71. The fourth-order valence-electron chi connectivity index (χ4n) is 4.31. The van der Waals surface area contributed by atoms with Crippen molar-refractivity contribution in [2.24, 2.45) is 11.8 Å². The first-order chi connectivity index (χ1) is 17.2. The molecule has 1 heterocycles. The molecule has 3 amide bonds. The van der Waals surface area contributed by atoms with Crippen LogP contribution in [0.1, 0.15) is 57.7 Å². The van der Waals surface area contributed by atoms with Gasteiger partial charge in [0.25, 0.3) is 0 Å². The quantitative estimate of drug-likeness (QED) is 0.503. The first-order valence-electron chi connectivity index (χ1n) is 12.9. The molecule has 2 aromatic rings. The average Bonchev–Trinajstić information content (AvgIpc) is 3.36. The van der Waals surface area contributed by atoms with Crippen LogP contribution in [-0.2, 0) is 20.8 Å². The number of para-hydroxylation sites is 1. The molecule has 7 heteroatoms. The zero-order chi connectivity index (χ0) is 26.2. The molecule has 1 saturated heterocycles.